The number of hydrogen-bond acceptors (Lipinski definition) is 5. The first-order valence-electron chi connectivity index (χ1n) is 9.72. The molecule has 154 valence electrons. The lowest BCUT2D eigenvalue weighted by molar-refractivity contribution is -0.134. The summed E-state index contributed by atoms with van der Waals surface area (Å²) in [6.07, 6.45) is 4.72. The highest BCUT2D eigenvalue weighted by Gasteiger charge is 2.29. The SMILES string of the molecule is NC(=O)c1cc2cc(F)ccc2nc1C1CCCN(C(=O)COc2cccnc2)C1. The van der Waals surface area contributed by atoms with Gasteiger partial charge in [0.15, 0.2) is 6.61 Å². The number of pyridine rings is 2. The van der Waals surface area contributed by atoms with E-state index in [0.29, 0.717) is 35.4 Å². The Morgan fingerprint density at radius 2 is 2.13 bits per heavy atom. The third-order valence-electron chi connectivity index (χ3n) is 5.23. The number of fused-ring (bicyclic) bond motifs is 1. The van der Waals surface area contributed by atoms with Crippen molar-refractivity contribution in [3.63, 3.8) is 0 Å². The fourth-order valence-corrected chi connectivity index (χ4v) is 3.77. The van der Waals surface area contributed by atoms with Gasteiger partial charge in [0.05, 0.1) is 23.0 Å². The van der Waals surface area contributed by atoms with Crippen molar-refractivity contribution in [3.05, 3.63) is 65.9 Å². The molecule has 4 rings (SSSR count). The number of likely N-dealkylation sites (tertiary alicyclic amines) is 1. The number of halogens is 1. The molecule has 0 spiro atoms. The van der Waals surface area contributed by atoms with Crippen LogP contribution in [0.4, 0.5) is 4.39 Å². The number of nitrogens with zero attached hydrogens (tertiary/aromatic N) is 3. The maximum atomic E-state index is 13.6. The van der Waals surface area contributed by atoms with E-state index in [1.54, 1.807) is 41.6 Å². The first kappa shape index (κ1) is 19.8. The molecule has 8 heteroatoms. The van der Waals surface area contributed by atoms with Gasteiger partial charge in [0.1, 0.15) is 11.6 Å². The van der Waals surface area contributed by atoms with E-state index in [4.69, 9.17) is 10.5 Å². The monoisotopic (exact) mass is 408 g/mol. The van der Waals surface area contributed by atoms with E-state index in [0.717, 1.165) is 12.8 Å². The number of amides is 2. The molecule has 1 fully saturated rings. The molecule has 1 aliphatic rings. The van der Waals surface area contributed by atoms with Crippen molar-refractivity contribution >= 4 is 22.7 Å². The molecule has 0 bridgehead atoms. The molecule has 2 N–H and O–H groups in total. The fourth-order valence-electron chi connectivity index (χ4n) is 3.77. The lowest BCUT2D eigenvalue weighted by Gasteiger charge is -2.33. The summed E-state index contributed by atoms with van der Waals surface area (Å²) in [7, 11) is 0. The average molecular weight is 408 g/mol. The van der Waals surface area contributed by atoms with Crippen LogP contribution in [0.2, 0.25) is 0 Å². The topological polar surface area (TPSA) is 98.4 Å². The zero-order valence-electron chi connectivity index (χ0n) is 16.3. The van der Waals surface area contributed by atoms with Crippen molar-refractivity contribution in [1.29, 1.82) is 0 Å². The van der Waals surface area contributed by atoms with Gasteiger partial charge in [-0.3, -0.25) is 19.6 Å². The van der Waals surface area contributed by atoms with E-state index in [1.165, 1.54) is 12.1 Å². The second kappa shape index (κ2) is 8.44. The zero-order chi connectivity index (χ0) is 21.1. The summed E-state index contributed by atoms with van der Waals surface area (Å²) in [6.45, 7) is 0.928. The van der Waals surface area contributed by atoms with Gasteiger partial charge >= 0.3 is 0 Å². The van der Waals surface area contributed by atoms with Crippen LogP contribution in [0.3, 0.4) is 0 Å². The van der Waals surface area contributed by atoms with Crippen LogP contribution < -0.4 is 10.5 Å². The quantitative estimate of drug-likeness (QED) is 0.700. The van der Waals surface area contributed by atoms with Crippen LogP contribution in [0.1, 0.15) is 34.8 Å². The third-order valence-corrected chi connectivity index (χ3v) is 5.23. The Morgan fingerprint density at radius 3 is 2.90 bits per heavy atom. The minimum atomic E-state index is -0.618. The van der Waals surface area contributed by atoms with E-state index in [2.05, 4.69) is 9.97 Å². The Balaban J connectivity index is 1.54. The third kappa shape index (κ3) is 4.22. The molecular formula is C22H21FN4O3. The molecule has 0 saturated carbocycles. The van der Waals surface area contributed by atoms with Crippen molar-refractivity contribution < 1.29 is 18.7 Å². The number of primary amides is 1. The molecule has 0 aliphatic carbocycles. The Morgan fingerprint density at radius 1 is 1.27 bits per heavy atom. The molecule has 1 unspecified atom stereocenters. The van der Waals surface area contributed by atoms with Gasteiger partial charge in [-0.25, -0.2) is 4.39 Å². The average Bonchev–Trinajstić information content (AvgIpc) is 2.77. The van der Waals surface area contributed by atoms with Crippen LogP contribution in [0.25, 0.3) is 10.9 Å². The van der Waals surface area contributed by atoms with Crippen molar-refractivity contribution in [2.45, 2.75) is 18.8 Å². The Bertz CT molecular complexity index is 1090. The number of carbonyl (C=O) groups excluding carboxylic acids is 2. The summed E-state index contributed by atoms with van der Waals surface area (Å²) in [5.41, 5.74) is 6.97. The van der Waals surface area contributed by atoms with E-state index < -0.39 is 11.7 Å². The summed E-state index contributed by atoms with van der Waals surface area (Å²) >= 11 is 0. The van der Waals surface area contributed by atoms with Gasteiger partial charge in [-0.2, -0.15) is 0 Å². The van der Waals surface area contributed by atoms with E-state index in [-0.39, 0.29) is 24.0 Å². The number of hydrogen-bond donors (Lipinski definition) is 1. The lowest BCUT2D eigenvalue weighted by atomic mass is 9.90. The maximum absolute atomic E-state index is 13.6. The highest BCUT2D eigenvalue weighted by molar-refractivity contribution is 5.97. The van der Waals surface area contributed by atoms with Gasteiger partial charge in [0.2, 0.25) is 0 Å². The smallest absolute Gasteiger partial charge is 0.260 e. The first-order valence-corrected chi connectivity index (χ1v) is 9.72. The number of aromatic nitrogens is 2. The molecular weight excluding hydrogens is 387 g/mol. The van der Waals surface area contributed by atoms with E-state index in [9.17, 15) is 14.0 Å². The van der Waals surface area contributed by atoms with Gasteiger partial charge in [0.25, 0.3) is 11.8 Å². The van der Waals surface area contributed by atoms with E-state index in [1.807, 2.05) is 0 Å². The highest BCUT2D eigenvalue weighted by Crippen LogP contribution is 2.30. The largest absolute Gasteiger partial charge is 0.482 e. The predicted molar refractivity (Wildman–Crippen MR) is 109 cm³/mol. The summed E-state index contributed by atoms with van der Waals surface area (Å²) in [6, 6.07) is 9.28. The van der Waals surface area contributed by atoms with Crippen molar-refractivity contribution in [1.82, 2.24) is 14.9 Å². The van der Waals surface area contributed by atoms with Crippen molar-refractivity contribution in [3.8, 4) is 5.75 Å². The van der Waals surface area contributed by atoms with Crippen LogP contribution in [0.5, 0.6) is 5.75 Å². The summed E-state index contributed by atoms with van der Waals surface area (Å²) < 4.78 is 19.1. The molecule has 1 saturated heterocycles. The molecule has 3 heterocycles. The molecule has 30 heavy (non-hydrogen) atoms. The first-order chi connectivity index (χ1) is 14.5. The van der Waals surface area contributed by atoms with Gasteiger partial charge < -0.3 is 15.4 Å². The number of rotatable bonds is 5. The van der Waals surface area contributed by atoms with Crippen LogP contribution in [0.15, 0.2) is 48.8 Å². The molecule has 1 aliphatic heterocycles. The Kier molecular flexibility index (Phi) is 5.56. The number of ether oxygens (including phenoxy) is 1. The second-order valence-corrected chi connectivity index (χ2v) is 7.28. The van der Waals surface area contributed by atoms with Crippen LogP contribution in [-0.2, 0) is 4.79 Å². The molecule has 7 nitrogen and oxygen atoms in total. The number of piperidine rings is 1. The van der Waals surface area contributed by atoms with Gasteiger partial charge in [-0.05, 0) is 49.2 Å². The van der Waals surface area contributed by atoms with Crippen LogP contribution in [-0.4, -0.2) is 46.4 Å². The molecule has 2 amide bonds. The minimum absolute atomic E-state index is 0.0918. The number of carbonyl (C=O) groups is 2. The summed E-state index contributed by atoms with van der Waals surface area (Å²) in [5, 5.41) is 0.515. The van der Waals surface area contributed by atoms with Crippen molar-refractivity contribution in [2.24, 2.45) is 5.73 Å². The standard InChI is InChI=1S/C22H21FN4O3/c23-16-5-6-19-15(9-16)10-18(22(24)29)21(26-19)14-3-2-8-27(12-14)20(28)13-30-17-4-1-7-25-11-17/h1,4-7,9-11,14H,2-3,8,12-13H2,(H2,24,29). The summed E-state index contributed by atoms with van der Waals surface area (Å²) in [5.74, 6) is -0.786. The molecule has 1 aromatic carbocycles. The van der Waals surface area contributed by atoms with Crippen molar-refractivity contribution in [2.75, 3.05) is 19.7 Å². The number of nitrogens with two attached hydrogens (primary N) is 1. The Hall–Kier alpha value is -3.55. The predicted octanol–water partition coefficient (Wildman–Crippen LogP) is 2.65. The molecule has 0 radical (unpaired) electrons. The van der Waals surface area contributed by atoms with E-state index >= 15 is 0 Å². The molecule has 3 aromatic rings. The normalized spacial score (nSPS) is 16.4. The second-order valence-electron chi connectivity index (χ2n) is 7.28. The van der Waals surface area contributed by atoms with Crippen LogP contribution in [0, 0.1) is 5.82 Å². The van der Waals surface area contributed by atoms with Gasteiger partial charge in [-0.1, -0.05) is 0 Å². The lowest BCUT2D eigenvalue weighted by Crippen LogP contribution is -2.42. The fraction of sp³-hybridized carbons (Fsp3) is 0.273. The minimum Gasteiger partial charge on any atom is -0.482 e. The van der Waals surface area contributed by atoms with Gasteiger partial charge in [-0.15, -0.1) is 0 Å². The maximum Gasteiger partial charge on any atom is 0.260 e. The highest BCUT2D eigenvalue weighted by atomic mass is 19.1. The molecule has 2 aromatic heterocycles. The van der Waals surface area contributed by atoms with Gasteiger partial charge in [0, 0.05) is 30.6 Å². The summed E-state index contributed by atoms with van der Waals surface area (Å²) in [4.78, 5) is 35.0. The van der Waals surface area contributed by atoms with Crippen LogP contribution >= 0.6 is 0 Å². The zero-order valence-corrected chi connectivity index (χ0v) is 16.3. The number of benzene rings is 1. The Labute approximate surface area is 172 Å². The molecule has 1 atom stereocenters.